The predicted molar refractivity (Wildman–Crippen MR) is 101 cm³/mol. The number of carbonyl (C=O) groups excluding carboxylic acids is 1. The summed E-state index contributed by atoms with van der Waals surface area (Å²) >= 11 is 0. The van der Waals surface area contributed by atoms with E-state index in [0.29, 0.717) is 43.0 Å². The maximum Gasteiger partial charge on any atom is 0.276 e. The number of amides is 1. The smallest absolute Gasteiger partial charge is 0.276 e. The Hall–Kier alpha value is -3.07. The van der Waals surface area contributed by atoms with Gasteiger partial charge in [0.15, 0.2) is 5.82 Å². The van der Waals surface area contributed by atoms with Crippen LogP contribution in [0.5, 0.6) is 0 Å². The summed E-state index contributed by atoms with van der Waals surface area (Å²) in [6.45, 7) is 3.83. The SMILES string of the molecule is CCN(C(=O)c1cnc(-c2noc(C3CCOCC3)n2)n1C)c1cccnc1. The molecule has 3 aromatic rings. The van der Waals surface area contributed by atoms with Crippen molar-refractivity contribution in [3.05, 3.63) is 42.3 Å². The van der Waals surface area contributed by atoms with Crippen molar-refractivity contribution >= 4 is 11.6 Å². The monoisotopic (exact) mass is 382 g/mol. The molecule has 9 heteroatoms. The number of ether oxygens (including phenoxy) is 1. The normalized spacial score (nSPS) is 14.9. The van der Waals surface area contributed by atoms with Gasteiger partial charge in [0.1, 0.15) is 5.69 Å². The van der Waals surface area contributed by atoms with Gasteiger partial charge in [-0.15, -0.1) is 0 Å². The molecule has 0 aromatic carbocycles. The largest absolute Gasteiger partial charge is 0.381 e. The number of hydrogen-bond donors (Lipinski definition) is 0. The molecule has 146 valence electrons. The number of anilines is 1. The maximum absolute atomic E-state index is 13.1. The molecule has 0 spiro atoms. The van der Waals surface area contributed by atoms with Crippen molar-refractivity contribution < 1.29 is 14.1 Å². The fourth-order valence-corrected chi connectivity index (χ4v) is 3.35. The van der Waals surface area contributed by atoms with Crippen LogP contribution in [0.15, 0.2) is 35.2 Å². The van der Waals surface area contributed by atoms with Crippen molar-refractivity contribution in [2.75, 3.05) is 24.7 Å². The van der Waals surface area contributed by atoms with Crippen LogP contribution in [0.2, 0.25) is 0 Å². The molecule has 1 aliphatic heterocycles. The third kappa shape index (κ3) is 3.40. The van der Waals surface area contributed by atoms with Crippen molar-refractivity contribution in [1.29, 1.82) is 0 Å². The molecule has 0 atom stereocenters. The Labute approximate surface area is 162 Å². The topological polar surface area (TPSA) is 99.2 Å². The van der Waals surface area contributed by atoms with Crippen molar-refractivity contribution in [2.45, 2.75) is 25.7 Å². The zero-order chi connectivity index (χ0) is 19.5. The Bertz CT molecular complexity index is 946. The number of imidazole rings is 1. The first kappa shape index (κ1) is 18.3. The third-order valence-corrected chi connectivity index (χ3v) is 4.94. The molecule has 9 nitrogen and oxygen atoms in total. The number of hydrogen-bond acceptors (Lipinski definition) is 7. The molecule has 0 aliphatic carbocycles. The lowest BCUT2D eigenvalue weighted by Crippen LogP contribution is -2.32. The van der Waals surface area contributed by atoms with E-state index in [1.54, 1.807) is 41.2 Å². The van der Waals surface area contributed by atoms with Crippen molar-refractivity contribution in [2.24, 2.45) is 7.05 Å². The van der Waals surface area contributed by atoms with Gasteiger partial charge >= 0.3 is 0 Å². The molecular formula is C19H22N6O3. The van der Waals surface area contributed by atoms with E-state index in [4.69, 9.17) is 9.26 Å². The number of nitrogens with zero attached hydrogens (tertiary/aromatic N) is 6. The first-order valence-corrected chi connectivity index (χ1v) is 9.34. The summed E-state index contributed by atoms with van der Waals surface area (Å²) in [5.74, 6) is 1.52. The number of pyridine rings is 1. The van der Waals surface area contributed by atoms with E-state index in [-0.39, 0.29) is 11.8 Å². The molecule has 1 aliphatic rings. The van der Waals surface area contributed by atoms with Crippen LogP contribution < -0.4 is 4.90 Å². The van der Waals surface area contributed by atoms with Gasteiger partial charge in [0.05, 0.1) is 18.1 Å². The maximum atomic E-state index is 13.1. The van der Waals surface area contributed by atoms with Crippen LogP contribution in [0, 0.1) is 0 Å². The van der Waals surface area contributed by atoms with E-state index >= 15 is 0 Å². The van der Waals surface area contributed by atoms with E-state index in [2.05, 4.69) is 20.1 Å². The Morgan fingerprint density at radius 1 is 1.32 bits per heavy atom. The average molecular weight is 382 g/mol. The van der Waals surface area contributed by atoms with E-state index < -0.39 is 0 Å². The minimum Gasteiger partial charge on any atom is -0.381 e. The van der Waals surface area contributed by atoms with E-state index in [1.165, 1.54) is 0 Å². The standard InChI is InChI=1S/C19H22N6O3/c1-3-25(14-5-4-8-20-11-14)19(26)15-12-21-17(24(15)2)16-22-18(28-23-16)13-6-9-27-10-7-13/h4-5,8,11-13H,3,6-7,9-10H2,1-2H3. The molecule has 1 saturated heterocycles. The van der Waals surface area contributed by atoms with Crippen LogP contribution in [0.25, 0.3) is 11.6 Å². The van der Waals surface area contributed by atoms with E-state index in [1.807, 2.05) is 13.0 Å². The van der Waals surface area contributed by atoms with Gasteiger partial charge in [0, 0.05) is 38.9 Å². The molecule has 1 amide bonds. The highest BCUT2D eigenvalue weighted by molar-refractivity contribution is 6.05. The molecule has 0 unspecified atom stereocenters. The second-order valence-electron chi connectivity index (χ2n) is 6.63. The van der Waals surface area contributed by atoms with Crippen LogP contribution in [-0.2, 0) is 11.8 Å². The lowest BCUT2D eigenvalue weighted by atomic mass is 10.0. The Morgan fingerprint density at radius 3 is 2.86 bits per heavy atom. The van der Waals surface area contributed by atoms with Crippen molar-refractivity contribution in [3.63, 3.8) is 0 Å². The van der Waals surface area contributed by atoms with Crippen LogP contribution in [-0.4, -0.2) is 50.3 Å². The van der Waals surface area contributed by atoms with Crippen LogP contribution >= 0.6 is 0 Å². The average Bonchev–Trinajstić information content (AvgIpc) is 3.37. The summed E-state index contributed by atoms with van der Waals surface area (Å²) in [6.07, 6.45) is 6.61. The summed E-state index contributed by atoms with van der Waals surface area (Å²) < 4.78 is 12.5. The van der Waals surface area contributed by atoms with E-state index in [9.17, 15) is 4.79 Å². The second kappa shape index (κ2) is 7.89. The van der Waals surface area contributed by atoms with Gasteiger partial charge in [-0.25, -0.2) is 4.98 Å². The van der Waals surface area contributed by atoms with Gasteiger partial charge in [-0.2, -0.15) is 4.98 Å². The number of rotatable bonds is 5. The molecule has 28 heavy (non-hydrogen) atoms. The van der Waals surface area contributed by atoms with Gasteiger partial charge in [-0.05, 0) is 31.9 Å². The molecular weight excluding hydrogens is 360 g/mol. The van der Waals surface area contributed by atoms with Crippen LogP contribution in [0.3, 0.4) is 0 Å². The van der Waals surface area contributed by atoms with Gasteiger partial charge in [0.2, 0.25) is 11.7 Å². The minimum absolute atomic E-state index is 0.162. The summed E-state index contributed by atoms with van der Waals surface area (Å²) in [5, 5.41) is 4.07. The minimum atomic E-state index is -0.162. The van der Waals surface area contributed by atoms with Gasteiger partial charge < -0.3 is 18.7 Å². The third-order valence-electron chi connectivity index (χ3n) is 4.94. The highest BCUT2D eigenvalue weighted by Crippen LogP contribution is 2.27. The lowest BCUT2D eigenvalue weighted by molar-refractivity contribution is 0.0778. The summed E-state index contributed by atoms with van der Waals surface area (Å²) in [4.78, 5) is 27.7. The van der Waals surface area contributed by atoms with Crippen molar-refractivity contribution in [1.82, 2.24) is 24.7 Å². The molecule has 0 N–H and O–H groups in total. The summed E-state index contributed by atoms with van der Waals surface area (Å²) in [6, 6.07) is 3.65. The number of carbonyl (C=O) groups is 1. The van der Waals surface area contributed by atoms with E-state index in [0.717, 1.165) is 18.5 Å². The highest BCUT2D eigenvalue weighted by atomic mass is 16.5. The zero-order valence-electron chi connectivity index (χ0n) is 15.9. The Balaban J connectivity index is 1.59. The summed E-state index contributed by atoms with van der Waals surface area (Å²) in [7, 11) is 1.77. The molecule has 0 radical (unpaired) electrons. The van der Waals surface area contributed by atoms with Crippen molar-refractivity contribution in [3.8, 4) is 11.6 Å². The Morgan fingerprint density at radius 2 is 2.14 bits per heavy atom. The predicted octanol–water partition coefficient (Wildman–Crippen LogP) is 2.43. The fraction of sp³-hybridized carbons (Fsp3) is 0.421. The van der Waals surface area contributed by atoms with Crippen LogP contribution in [0.1, 0.15) is 42.1 Å². The second-order valence-corrected chi connectivity index (χ2v) is 6.63. The molecule has 4 rings (SSSR count). The number of aromatic nitrogens is 5. The molecule has 0 saturated carbocycles. The zero-order valence-corrected chi connectivity index (χ0v) is 15.9. The molecule has 4 heterocycles. The first-order chi connectivity index (χ1) is 13.7. The molecule has 0 bridgehead atoms. The highest BCUT2D eigenvalue weighted by Gasteiger charge is 2.26. The lowest BCUT2D eigenvalue weighted by Gasteiger charge is -2.20. The first-order valence-electron chi connectivity index (χ1n) is 9.34. The summed E-state index contributed by atoms with van der Waals surface area (Å²) in [5.41, 5.74) is 1.18. The molecule has 1 fully saturated rings. The quantitative estimate of drug-likeness (QED) is 0.668. The fourth-order valence-electron chi connectivity index (χ4n) is 3.35. The van der Waals surface area contributed by atoms with Gasteiger partial charge in [-0.1, -0.05) is 5.16 Å². The Kier molecular flexibility index (Phi) is 5.16. The van der Waals surface area contributed by atoms with Gasteiger partial charge in [-0.3, -0.25) is 9.78 Å². The van der Waals surface area contributed by atoms with Gasteiger partial charge in [0.25, 0.3) is 5.91 Å². The molecule has 3 aromatic heterocycles. The van der Waals surface area contributed by atoms with Crippen LogP contribution in [0.4, 0.5) is 5.69 Å².